The fourth-order valence-corrected chi connectivity index (χ4v) is 0. The average Bonchev–Trinajstić information content (AvgIpc) is 0.722. The molecule has 2 N–H and O–H groups in total. The van der Waals surface area contributed by atoms with Crippen molar-refractivity contribution in [3.8, 4) is 0 Å². The summed E-state index contributed by atoms with van der Waals surface area (Å²) in [4.78, 5) is 0. The van der Waals surface area contributed by atoms with Gasteiger partial charge in [0.25, 0.3) is 0 Å². The third-order valence-electron chi connectivity index (χ3n) is 0. The molecule has 0 aliphatic rings. The normalized spacial score (nSPS) is 8.29. The Morgan fingerprint density at radius 2 is 1.14 bits per heavy atom. The van der Waals surface area contributed by atoms with Crippen LogP contribution in [0.2, 0.25) is 0 Å². The molecule has 0 aliphatic carbocycles. The first-order valence-corrected chi connectivity index (χ1v) is 2.10. The van der Waals surface area contributed by atoms with Gasteiger partial charge in [-0.15, -0.1) is 0 Å². The van der Waals surface area contributed by atoms with E-state index >= 15 is 0 Å². The summed E-state index contributed by atoms with van der Waals surface area (Å²) in [7, 11) is -4.67. The van der Waals surface area contributed by atoms with Gasteiger partial charge in [-0.1, -0.05) is 0 Å². The van der Waals surface area contributed by atoms with Crippen molar-refractivity contribution < 1.29 is 17.5 Å². The van der Waals surface area contributed by atoms with Crippen LogP contribution in [0.15, 0.2) is 0 Å². The van der Waals surface area contributed by atoms with Crippen molar-refractivity contribution in [3.63, 3.8) is 0 Å². The topological polar surface area (TPSA) is 74.6 Å². The summed E-state index contributed by atoms with van der Waals surface area (Å²) >= 11 is 0. The summed E-state index contributed by atoms with van der Waals surface area (Å²) in [5.41, 5.74) is 0. The third kappa shape index (κ3) is 103. The molecule has 0 atom stereocenters. The molecule has 0 aromatic heterocycles. The molecule has 0 radical (unpaired) electrons. The standard InChI is InChI=1S/Ca.H2O4S.S/c;1-5(2,3)4;/h;(H2,1,2,3,4);/q+2;;-2. The van der Waals surface area contributed by atoms with E-state index in [0.717, 1.165) is 0 Å². The van der Waals surface area contributed by atoms with Crippen molar-refractivity contribution in [1.29, 1.82) is 0 Å². The molecule has 0 saturated carbocycles. The van der Waals surface area contributed by atoms with Gasteiger partial charge in [-0.3, -0.25) is 9.11 Å². The Bertz CT molecular complexity index is 92.9. The second-order valence-corrected chi connectivity index (χ2v) is 1.34. The van der Waals surface area contributed by atoms with Crippen molar-refractivity contribution in [1.82, 2.24) is 0 Å². The van der Waals surface area contributed by atoms with Gasteiger partial charge in [-0.2, -0.15) is 8.42 Å². The van der Waals surface area contributed by atoms with Crippen LogP contribution in [0, 0.1) is 0 Å². The maximum Gasteiger partial charge on any atom is 2.00 e. The molecular weight excluding hydrogens is 168 g/mol. The van der Waals surface area contributed by atoms with Crippen LogP contribution in [0.1, 0.15) is 0 Å². The summed E-state index contributed by atoms with van der Waals surface area (Å²) in [6.45, 7) is 0. The molecule has 0 heterocycles. The minimum absolute atomic E-state index is 0. The van der Waals surface area contributed by atoms with Crippen molar-refractivity contribution in [2.24, 2.45) is 0 Å². The summed E-state index contributed by atoms with van der Waals surface area (Å²) < 4.78 is 31.6. The minimum atomic E-state index is -4.67. The van der Waals surface area contributed by atoms with Crippen molar-refractivity contribution >= 4 is 61.6 Å². The second-order valence-electron chi connectivity index (χ2n) is 0.448. The molecule has 0 bridgehead atoms. The van der Waals surface area contributed by atoms with Crippen molar-refractivity contribution in [2.75, 3.05) is 0 Å². The third-order valence-corrected chi connectivity index (χ3v) is 0. The summed E-state index contributed by atoms with van der Waals surface area (Å²) in [6, 6.07) is 0. The van der Waals surface area contributed by atoms with Crippen LogP contribution >= 0.6 is 0 Å². The van der Waals surface area contributed by atoms with Crippen molar-refractivity contribution in [3.05, 3.63) is 0 Å². The van der Waals surface area contributed by atoms with Crippen LogP contribution in [0.25, 0.3) is 0 Å². The van der Waals surface area contributed by atoms with Gasteiger partial charge in [0, 0.05) is 0 Å². The first kappa shape index (κ1) is 15.8. The minimum Gasteiger partial charge on any atom is -2.00 e. The molecule has 0 aromatic carbocycles. The van der Waals surface area contributed by atoms with Gasteiger partial charge >= 0.3 is 48.1 Å². The van der Waals surface area contributed by atoms with Gasteiger partial charge in [0.15, 0.2) is 0 Å². The zero-order valence-corrected chi connectivity index (χ0v) is 7.08. The van der Waals surface area contributed by atoms with E-state index in [4.69, 9.17) is 17.5 Å². The van der Waals surface area contributed by atoms with Crippen LogP contribution < -0.4 is 0 Å². The van der Waals surface area contributed by atoms with Gasteiger partial charge in [0.05, 0.1) is 0 Å². The molecule has 0 amide bonds. The van der Waals surface area contributed by atoms with E-state index in [-0.39, 0.29) is 51.2 Å². The predicted octanol–water partition coefficient (Wildman–Crippen LogP) is -1.04. The molecule has 0 unspecified atom stereocenters. The van der Waals surface area contributed by atoms with Crippen molar-refractivity contribution in [2.45, 2.75) is 0 Å². The van der Waals surface area contributed by atoms with Crippen LogP contribution in [0.4, 0.5) is 0 Å². The van der Waals surface area contributed by atoms with E-state index in [1.54, 1.807) is 0 Å². The van der Waals surface area contributed by atoms with Gasteiger partial charge in [-0.05, 0) is 0 Å². The van der Waals surface area contributed by atoms with Crippen LogP contribution in [-0.4, -0.2) is 55.3 Å². The SMILES string of the molecule is O=S(=O)(O)O.[Ca+2].[S-2]. The number of hydrogen-bond acceptors (Lipinski definition) is 2. The Balaban J connectivity index is -0.0000000800. The molecular formula is H2CaO4S2. The average molecular weight is 170 g/mol. The Labute approximate surface area is 78.3 Å². The second kappa shape index (κ2) is 5.61. The first-order chi connectivity index (χ1) is 2.00. The summed E-state index contributed by atoms with van der Waals surface area (Å²) in [5.74, 6) is 0. The Morgan fingerprint density at radius 1 is 1.14 bits per heavy atom. The van der Waals surface area contributed by atoms with Crippen LogP contribution in [0.3, 0.4) is 0 Å². The van der Waals surface area contributed by atoms with E-state index in [0.29, 0.717) is 0 Å². The largest absolute Gasteiger partial charge is 2.00 e. The molecule has 7 heteroatoms. The predicted molar refractivity (Wildman–Crippen MR) is 27.3 cm³/mol. The Kier molecular flexibility index (Phi) is 12.7. The quantitative estimate of drug-likeness (QED) is 0.360. The maximum atomic E-state index is 8.74. The molecule has 0 aromatic rings. The molecule has 0 fully saturated rings. The molecule has 0 aliphatic heterocycles. The van der Waals surface area contributed by atoms with Crippen LogP contribution in [0.5, 0.6) is 0 Å². The Morgan fingerprint density at radius 3 is 1.14 bits per heavy atom. The fourth-order valence-electron chi connectivity index (χ4n) is 0. The molecule has 4 nitrogen and oxygen atoms in total. The van der Waals surface area contributed by atoms with E-state index in [9.17, 15) is 0 Å². The summed E-state index contributed by atoms with van der Waals surface area (Å²) in [5, 5.41) is 0. The van der Waals surface area contributed by atoms with Crippen LogP contribution in [-0.2, 0) is 23.9 Å². The van der Waals surface area contributed by atoms with E-state index in [1.807, 2.05) is 0 Å². The molecule has 0 saturated heterocycles. The zero-order valence-electron chi connectivity index (χ0n) is 3.23. The fraction of sp³-hybridized carbons (Fsp3) is 0. The van der Waals surface area contributed by atoms with Gasteiger partial charge < -0.3 is 13.5 Å². The number of hydrogen-bond donors (Lipinski definition) is 2. The van der Waals surface area contributed by atoms with E-state index in [2.05, 4.69) is 0 Å². The molecule has 40 valence electrons. The van der Waals surface area contributed by atoms with Gasteiger partial charge in [0.1, 0.15) is 0 Å². The van der Waals surface area contributed by atoms with Gasteiger partial charge in [0.2, 0.25) is 0 Å². The summed E-state index contributed by atoms with van der Waals surface area (Å²) in [6.07, 6.45) is 0. The molecule has 7 heavy (non-hydrogen) atoms. The monoisotopic (exact) mass is 170 g/mol. The molecule has 0 rings (SSSR count). The zero-order chi connectivity index (χ0) is 4.50. The smallest absolute Gasteiger partial charge is 2.00 e. The number of rotatable bonds is 0. The van der Waals surface area contributed by atoms with E-state index < -0.39 is 10.4 Å². The first-order valence-electron chi connectivity index (χ1n) is 0.698. The van der Waals surface area contributed by atoms with E-state index in [1.165, 1.54) is 0 Å². The van der Waals surface area contributed by atoms with Gasteiger partial charge in [-0.25, -0.2) is 0 Å². The maximum absolute atomic E-state index is 8.74. The molecule has 0 spiro atoms. The Hall–Kier alpha value is 1.48.